The van der Waals surface area contributed by atoms with Gasteiger partial charge in [-0.1, -0.05) is 0 Å². The number of carbonyl (C=O) groups is 1. The maximum atomic E-state index is 9.83. The Morgan fingerprint density at radius 2 is 2.38 bits per heavy atom. The highest BCUT2D eigenvalue weighted by Gasteiger charge is 1.98. The average Bonchev–Trinajstić information content (AvgIpc) is 1.61. The first kappa shape index (κ1) is 8.05. The van der Waals surface area contributed by atoms with E-state index in [9.17, 15) is 4.79 Å². The molecule has 0 aromatic carbocycles. The average molecular weight is 157 g/mol. The Labute approximate surface area is 57.7 Å². The van der Waals surface area contributed by atoms with Gasteiger partial charge >= 0.3 is 5.43 Å². The Kier molecular flexibility index (Phi) is 4.01. The first-order valence-electron chi connectivity index (χ1n) is 2.09. The lowest BCUT2D eigenvalue weighted by Gasteiger charge is -1.99. The Bertz CT molecular complexity index is 82.1. The van der Waals surface area contributed by atoms with Gasteiger partial charge in [0, 0.05) is 11.6 Å². The van der Waals surface area contributed by atoms with E-state index >= 15 is 0 Å². The van der Waals surface area contributed by atoms with Crippen molar-refractivity contribution in [1.29, 1.82) is 0 Å². The fourth-order valence-electron chi connectivity index (χ4n) is 0.180. The summed E-state index contributed by atoms with van der Waals surface area (Å²) in [5.41, 5.74) is -0.808. The second kappa shape index (κ2) is 3.98. The van der Waals surface area contributed by atoms with Gasteiger partial charge in [-0.15, -0.1) is 11.6 Å². The lowest BCUT2D eigenvalue weighted by molar-refractivity contribution is 0.174. The van der Waals surface area contributed by atoms with Crippen molar-refractivity contribution in [3.8, 4) is 0 Å². The molecule has 0 aliphatic heterocycles. The van der Waals surface area contributed by atoms with Gasteiger partial charge in [-0.2, -0.15) is 0 Å². The van der Waals surface area contributed by atoms with Crippen LogP contribution in [0.1, 0.15) is 6.92 Å². The molecule has 1 atom stereocenters. The Morgan fingerprint density at radius 3 is 2.50 bits per heavy atom. The normalized spacial score (nSPS) is 12.9. The van der Waals surface area contributed by atoms with E-state index in [0.717, 1.165) is 0 Å². The standard InChI is InChI=1S/C4H6Cl2O2/c1-3(5)2-8-4(6)7/h3H,2H2,1H3. The monoisotopic (exact) mass is 156 g/mol. The van der Waals surface area contributed by atoms with Gasteiger partial charge in [0.1, 0.15) is 6.61 Å². The zero-order chi connectivity index (χ0) is 6.57. The topological polar surface area (TPSA) is 26.3 Å². The van der Waals surface area contributed by atoms with Crippen LogP contribution in [0.5, 0.6) is 0 Å². The molecule has 4 heteroatoms. The summed E-state index contributed by atoms with van der Waals surface area (Å²) in [5.74, 6) is 0. The predicted molar refractivity (Wildman–Crippen MR) is 32.5 cm³/mol. The molecule has 1 unspecified atom stereocenters. The van der Waals surface area contributed by atoms with Crippen molar-refractivity contribution in [2.24, 2.45) is 0 Å². The first-order chi connectivity index (χ1) is 3.63. The van der Waals surface area contributed by atoms with E-state index in [1.807, 2.05) is 0 Å². The smallest absolute Gasteiger partial charge is 0.403 e. The van der Waals surface area contributed by atoms with Gasteiger partial charge in [-0.3, -0.25) is 0 Å². The molecule has 0 heterocycles. The molecule has 0 aliphatic rings. The third-order valence-electron chi connectivity index (χ3n) is 0.426. The summed E-state index contributed by atoms with van der Waals surface area (Å²) in [5, 5.41) is -0.169. The quantitative estimate of drug-likeness (QED) is 0.452. The largest absolute Gasteiger partial charge is 0.452 e. The van der Waals surface area contributed by atoms with Crippen LogP contribution in [0.2, 0.25) is 0 Å². The van der Waals surface area contributed by atoms with E-state index < -0.39 is 5.43 Å². The highest BCUT2D eigenvalue weighted by molar-refractivity contribution is 6.61. The van der Waals surface area contributed by atoms with E-state index in [-0.39, 0.29) is 12.0 Å². The third-order valence-corrected chi connectivity index (χ3v) is 0.662. The molecule has 0 amide bonds. The molecule has 0 aromatic heterocycles. The van der Waals surface area contributed by atoms with E-state index in [1.165, 1.54) is 0 Å². The van der Waals surface area contributed by atoms with Gasteiger partial charge in [0.05, 0.1) is 5.38 Å². The minimum atomic E-state index is -0.808. The van der Waals surface area contributed by atoms with E-state index in [4.69, 9.17) is 23.2 Å². The van der Waals surface area contributed by atoms with Crippen LogP contribution in [0, 0.1) is 0 Å². The fourth-order valence-corrected chi connectivity index (χ4v) is 0.306. The Hall–Kier alpha value is 0.0500. The molecule has 0 rings (SSSR count). The molecule has 0 fully saturated rings. The van der Waals surface area contributed by atoms with Crippen LogP contribution in [0.15, 0.2) is 0 Å². The number of hydrogen-bond acceptors (Lipinski definition) is 2. The maximum Gasteiger partial charge on any atom is 0.403 e. The van der Waals surface area contributed by atoms with Crippen molar-refractivity contribution in [2.45, 2.75) is 12.3 Å². The second-order valence-corrected chi connectivity index (χ2v) is 2.38. The molecule has 0 saturated heterocycles. The number of rotatable bonds is 2. The summed E-state index contributed by atoms with van der Waals surface area (Å²) in [7, 11) is 0. The molecule has 48 valence electrons. The molecule has 8 heavy (non-hydrogen) atoms. The molecule has 0 saturated carbocycles. The van der Waals surface area contributed by atoms with Gasteiger partial charge in [-0.25, -0.2) is 4.79 Å². The summed E-state index contributed by atoms with van der Waals surface area (Å²) in [6.07, 6.45) is 0. The lowest BCUT2D eigenvalue weighted by Crippen LogP contribution is -2.05. The van der Waals surface area contributed by atoms with Crippen molar-refractivity contribution in [1.82, 2.24) is 0 Å². The Balaban J connectivity index is 3.05. The summed E-state index contributed by atoms with van der Waals surface area (Å²) in [4.78, 5) is 9.83. The first-order valence-corrected chi connectivity index (χ1v) is 2.90. The van der Waals surface area contributed by atoms with Crippen LogP contribution in [0.25, 0.3) is 0 Å². The van der Waals surface area contributed by atoms with Gasteiger partial charge in [-0.05, 0) is 6.92 Å². The molecule has 0 aromatic rings. The van der Waals surface area contributed by atoms with Crippen molar-refractivity contribution >= 4 is 28.6 Å². The second-order valence-electron chi connectivity index (χ2n) is 1.33. The highest BCUT2D eigenvalue weighted by Crippen LogP contribution is 1.95. The summed E-state index contributed by atoms with van der Waals surface area (Å²) < 4.78 is 4.30. The SMILES string of the molecule is CC(Cl)COC(=O)Cl. The third kappa shape index (κ3) is 6.05. The number of hydrogen-bond donors (Lipinski definition) is 0. The zero-order valence-electron chi connectivity index (χ0n) is 4.36. The number of ether oxygens (including phenoxy) is 1. The highest BCUT2D eigenvalue weighted by atomic mass is 35.5. The molecule has 2 nitrogen and oxygen atoms in total. The van der Waals surface area contributed by atoms with E-state index in [0.29, 0.717) is 0 Å². The van der Waals surface area contributed by atoms with Crippen LogP contribution >= 0.6 is 23.2 Å². The van der Waals surface area contributed by atoms with Crippen molar-refractivity contribution < 1.29 is 9.53 Å². The van der Waals surface area contributed by atoms with Crippen LogP contribution in [-0.2, 0) is 4.74 Å². The Morgan fingerprint density at radius 1 is 1.88 bits per heavy atom. The summed E-state index contributed by atoms with van der Waals surface area (Å²) in [6, 6.07) is 0. The van der Waals surface area contributed by atoms with Crippen molar-refractivity contribution in [2.75, 3.05) is 6.61 Å². The lowest BCUT2D eigenvalue weighted by atomic mass is 10.5. The molecule has 0 bridgehead atoms. The minimum absolute atomic E-state index is 0.169. The molecular formula is C4H6Cl2O2. The van der Waals surface area contributed by atoms with Gasteiger partial charge in [0.2, 0.25) is 0 Å². The van der Waals surface area contributed by atoms with Crippen LogP contribution < -0.4 is 0 Å². The minimum Gasteiger partial charge on any atom is -0.452 e. The number of halogens is 2. The molecule has 0 radical (unpaired) electrons. The van der Waals surface area contributed by atoms with Crippen LogP contribution in [0.4, 0.5) is 4.79 Å². The van der Waals surface area contributed by atoms with Gasteiger partial charge in [0.15, 0.2) is 0 Å². The zero-order valence-corrected chi connectivity index (χ0v) is 5.87. The number of alkyl halides is 1. The van der Waals surface area contributed by atoms with Gasteiger partial charge in [0.25, 0.3) is 0 Å². The van der Waals surface area contributed by atoms with Crippen LogP contribution in [-0.4, -0.2) is 17.4 Å². The van der Waals surface area contributed by atoms with E-state index in [2.05, 4.69) is 4.74 Å². The van der Waals surface area contributed by atoms with Gasteiger partial charge < -0.3 is 4.74 Å². The summed E-state index contributed by atoms with van der Waals surface area (Å²) >= 11 is 10.2. The maximum absolute atomic E-state index is 9.83. The van der Waals surface area contributed by atoms with Crippen molar-refractivity contribution in [3.63, 3.8) is 0 Å². The predicted octanol–water partition coefficient (Wildman–Crippen LogP) is 1.99. The fraction of sp³-hybridized carbons (Fsp3) is 0.750. The van der Waals surface area contributed by atoms with E-state index in [1.54, 1.807) is 6.92 Å². The summed E-state index contributed by atoms with van der Waals surface area (Å²) in [6.45, 7) is 1.88. The molecule has 0 spiro atoms. The molecule has 0 aliphatic carbocycles. The molecule has 0 N–H and O–H groups in total. The van der Waals surface area contributed by atoms with Crippen molar-refractivity contribution in [3.05, 3.63) is 0 Å². The van der Waals surface area contributed by atoms with Crippen LogP contribution in [0.3, 0.4) is 0 Å². The molecular weight excluding hydrogens is 151 g/mol. The number of carbonyl (C=O) groups excluding carboxylic acids is 1.